The summed E-state index contributed by atoms with van der Waals surface area (Å²) in [6.45, 7) is 0. The van der Waals surface area contributed by atoms with E-state index in [9.17, 15) is 0 Å². The van der Waals surface area contributed by atoms with Gasteiger partial charge in [-0.3, -0.25) is 4.90 Å². The van der Waals surface area contributed by atoms with E-state index in [1.165, 1.54) is 40.3 Å². The summed E-state index contributed by atoms with van der Waals surface area (Å²) in [5.74, 6) is 0.850. The molecule has 0 saturated heterocycles. The van der Waals surface area contributed by atoms with Gasteiger partial charge < -0.3 is 14.2 Å². The van der Waals surface area contributed by atoms with Crippen LogP contribution in [0.1, 0.15) is 0 Å². The number of benzene rings is 11. The Morgan fingerprint density at radius 3 is 1.78 bits per heavy atom. The second-order valence-corrected chi connectivity index (χ2v) is 21.3. The van der Waals surface area contributed by atoms with Crippen molar-refractivity contribution in [1.82, 2.24) is 4.98 Å². The van der Waals surface area contributed by atoms with Crippen molar-refractivity contribution >= 4 is 147 Å². The van der Waals surface area contributed by atoms with Gasteiger partial charge in [-0.25, -0.2) is 4.98 Å². The Hall–Kier alpha value is -9.53. The molecule has 7 heteroatoms. The molecule has 0 unspecified atom stereocenters. The summed E-state index contributed by atoms with van der Waals surface area (Å²) in [5.41, 5.74) is 12.4. The standard InChI is InChI=1S/C69H44N4OS2/c1-3-18-48(19-4-1)71(51-34-29-45-16-7-8-17-47(45)40-51)54-42-61-60-41-52(73(49-20-5-2-6-21-49)67-28-13-14-39-70-67)36-38-65(60)76-69(61)62(43-54)72(53-35-37-58-57-23-10-12-27-64(57)75-66(58)44-53)50-32-30-46(31-33-50)55-24-15-25-59-56-22-9-11-26-63(56)74-68(55)59/h1-44H. The zero-order valence-electron chi connectivity index (χ0n) is 40.9. The number of aromatic nitrogens is 1. The number of nitrogens with zero attached hydrogens (tertiary/aromatic N) is 4. The number of hydrogen-bond acceptors (Lipinski definition) is 7. The predicted octanol–water partition coefficient (Wildman–Crippen LogP) is 20.9. The molecule has 15 rings (SSSR count). The quantitative estimate of drug-likeness (QED) is 0.136. The highest BCUT2D eigenvalue weighted by molar-refractivity contribution is 7.26. The average Bonchev–Trinajstić information content (AvgIpc) is 4.22. The van der Waals surface area contributed by atoms with E-state index in [2.05, 4.69) is 263 Å². The molecular formula is C69H44N4OS2. The lowest BCUT2D eigenvalue weighted by Gasteiger charge is -2.30. The first-order valence-electron chi connectivity index (χ1n) is 25.5. The lowest BCUT2D eigenvalue weighted by molar-refractivity contribution is 0.670. The fraction of sp³-hybridized carbons (Fsp3) is 0. The topological polar surface area (TPSA) is 35.8 Å². The molecule has 0 bridgehead atoms. The number of pyridine rings is 1. The van der Waals surface area contributed by atoms with Gasteiger partial charge >= 0.3 is 0 Å². The Kier molecular flexibility index (Phi) is 10.5. The summed E-state index contributed by atoms with van der Waals surface area (Å²) in [6, 6.07) is 94.1. The highest BCUT2D eigenvalue weighted by atomic mass is 32.1. The zero-order valence-corrected chi connectivity index (χ0v) is 42.6. The van der Waals surface area contributed by atoms with Gasteiger partial charge in [0, 0.05) is 98.0 Å². The molecule has 0 aliphatic carbocycles. The lowest BCUT2D eigenvalue weighted by Crippen LogP contribution is -2.13. The smallest absolute Gasteiger partial charge is 0.143 e. The van der Waals surface area contributed by atoms with Crippen LogP contribution in [0.15, 0.2) is 271 Å². The minimum Gasteiger partial charge on any atom is -0.455 e. The molecule has 76 heavy (non-hydrogen) atoms. The van der Waals surface area contributed by atoms with E-state index < -0.39 is 0 Å². The fourth-order valence-corrected chi connectivity index (χ4v) is 13.4. The highest BCUT2D eigenvalue weighted by Crippen LogP contribution is 2.51. The monoisotopic (exact) mass is 1010 g/mol. The van der Waals surface area contributed by atoms with E-state index >= 15 is 0 Å². The van der Waals surface area contributed by atoms with E-state index in [1.54, 1.807) is 0 Å². The van der Waals surface area contributed by atoms with Crippen LogP contribution in [0.25, 0.3) is 84.2 Å². The third-order valence-electron chi connectivity index (χ3n) is 14.6. The molecule has 5 nitrogen and oxygen atoms in total. The van der Waals surface area contributed by atoms with Crippen molar-refractivity contribution in [2.45, 2.75) is 0 Å². The summed E-state index contributed by atoms with van der Waals surface area (Å²) in [6.07, 6.45) is 1.86. The molecule has 0 spiro atoms. The van der Waals surface area contributed by atoms with Crippen molar-refractivity contribution in [2.75, 3.05) is 14.7 Å². The summed E-state index contributed by atoms with van der Waals surface area (Å²) >= 11 is 3.68. The third kappa shape index (κ3) is 7.47. The van der Waals surface area contributed by atoms with E-state index in [1.807, 2.05) is 41.0 Å². The van der Waals surface area contributed by atoms with Crippen LogP contribution in [0.3, 0.4) is 0 Å². The number of para-hydroxylation sites is 4. The van der Waals surface area contributed by atoms with Gasteiger partial charge in [0.1, 0.15) is 17.0 Å². The number of anilines is 9. The highest BCUT2D eigenvalue weighted by Gasteiger charge is 2.25. The van der Waals surface area contributed by atoms with Gasteiger partial charge in [-0.05, 0) is 132 Å². The maximum absolute atomic E-state index is 6.58. The Labute approximate surface area is 446 Å². The largest absolute Gasteiger partial charge is 0.455 e. The molecule has 0 atom stereocenters. The fourth-order valence-electron chi connectivity index (χ4n) is 11.1. The SMILES string of the molecule is c1ccc(N(c2ccc3ccccc3c2)c2cc(N(c3ccc(-c4cccc5c4oc4ccccc45)cc3)c3ccc4c(c3)sc3ccccc34)c3sc4ccc(N(c5ccccc5)c5ccccn5)cc4c3c2)cc1. The Morgan fingerprint density at radius 2 is 0.947 bits per heavy atom. The molecule has 4 heterocycles. The van der Waals surface area contributed by atoms with Crippen LogP contribution in [0, 0.1) is 0 Å². The van der Waals surface area contributed by atoms with E-state index in [-0.39, 0.29) is 0 Å². The second kappa shape index (κ2) is 18.1. The van der Waals surface area contributed by atoms with Crippen LogP contribution in [0.2, 0.25) is 0 Å². The maximum atomic E-state index is 6.58. The molecule has 0 aliphatic rings. The Morgan fingerprint density at radius 1 is 0.329 bits per heavy atom. The number of furan rings is 1. The van der Waals surface area contributed by atoms with Crippen molar-refractivity contribution < 1.29 is 4.42 Å². The number of hydrogen-bond donors (Lipinski definition) is 0. The number of rotatable bonds is 10. The molecule has 4 aromatic heterocycles. The van der Waals surface area contributed by atoms with Crippen LogP contribution >= 0.6 is 22.7 Å². The van der Waals surface area contributed by atoms with Crippen LogP contribution < -0.4 is 14.7 Å². The number of thiophene rings is 2. The summed E-state index contributed by atoms with van der Waals surface area (Å²) in [5, 5.41) is 9.47. The first kappa shape index (κ1) is 44.0. The van der Waals surface area contributed by atoms with Gasteiger partial charge in [0.25, 0.3) is 0 Å². The van der Waals surface area contributed by atoms with Crippen molar-refractivity contribution in [1.29, 1.82) is 0 Å². The average molecular weight is 1010 g/mol. The molecule has 11 aromatic carbocycles. The van der Waals surface area contributed by atoms with E-state index in [0.29, 0.717) is 0 Å². The lowest BCUT2D eigenvalue weighted by atomic mass is 10.0. The van der Waals surface area contributed by atoms with Crippen molar-refractivity contribution in [3.63, 3.8) is 0 Å². The van der Waals surface area contributed by atoms with Gasteiger partial charge in [0.15, 0.2) is 0 Å². The van der Waals surface area contributed by atoms with Crippen LogP contribution in [0.5, 0.6) is 0 Å². The molecule has 0 aliphatic heterocycles. The molecule has 0 amide bonds. The van der Waals surface area contributed by atoms with Gasteiger partial charge in [-0.2, -0.15) is 0 Å². The minimum atomic E-state index is 0.850. The van der Waals surface area contributed by atoms with Crippen molar-refractivity contribution in [3.05, 3.63) is 267 Å². The zero-order chi connectivity index (χ0) is 50.1. The summed E-state index contributed by atoms with van der Waals surface area (Å²) in [4.78, 5) is 12.0. The molecule has 0 fully saturated rings. The second-order valence-electron chi connectivity index (χ2n) is 19.1. The third-order valence-corrected chi connectivity index (χ3v) is 17.0. The van der Waals surface area contributed by atoms with Crippen LogP contribution in [0.4, 0.5) is 51.3 Å². The molecule has 15 aromatic rings. The number of fused-ring (bicyclic) bond motifs is 10. The summed E-state index contributed by atoms with van der Waals surface area (Å²) < 4.78 is 11.5. The molecular weight excluding hydrogens is 965 g/mol. The maximum Gasteiger partial charge on any atom is 0.143 e. The Balaban J connectivity index is 0.997. The van der Waals surface area contributed by atoms with Crippen LogP contribution in [-0.4, -0.2) is 4.98 Å². The van der Waals surface area contributed by atoms with Gasteiger partial charge in [-0.1, -0.05) is 146 Å². The van der Waals surface area contributed by atoms with Crippen molar-refractivity contribution in [3.8, 4) is 11.1 Å². The van der Waals surface area contributed by atoms with Gasteiger partial charge in [-0.15, -0.1) is 22.7 Å². The van der Waals surface area contributed by atoms with Crippen LogP contribution in [-0.2, 0) is 0 Å². The first-order valence-corrected chi connectivity index (χ1v) is 27.1. The predicted molar refractivity (Wildman–Crippen MR) is 324 cm³/mol. The molecule has 0 N–H and O–H groups in total. The van der Waals surface area contributed by atoms with E-state index in [0.717, 1.165) is 95.2 Å². The molecule has 0 saturated carbocycles. The van der Waals surface area contributed by atoms with Gasteiger partial charge in [0.05, 0.1) is 10.4 Å². The van der Waals surface area contributed by atoms with Gasteiger partial charge in [0.2, 0.25) is 0 Å². The first-order chi connectivity index (χ1) is 37.7. The van der Waals surface area contributed by atoms with E-state index in [4.69, 9.17) is 9.40 Å². The molecule has 0 radical (unpaired) electrons. The Bertz CT molecular complexity index is 4620. The minimum absolute atomic E-state index is 0.850. The summed E-state index contributed by atoms with van der Waals surface area (Å²) in [7, 11) is 0. The normalized spacial score (nSPS) is 11.7. The van der Waals surface area contributed by atoms with Crippen molar-refractivity contribution in [2.24, 2.45) is 0 Å². The molecule has 358 valence electrons.